The van der Waals surface area contributed by atoms with E-state index >= 15 is 0 Å². The summed E-state index contributed by atoms with van der Waals surface area (Å²) < 4.78 is 47.8. The van der Waals surface area contributed by atoms with E-state index in [1.165, 1.54) is 56.9 Å². The first kappa shape index (κ1) is 29.5. The minimum atomic E-state index is -4.30. The van der Waals surface area contributed by atoms with Gasteiger partial charge in [0.1, 0.15) is 28.2 Å². The molecule has 5 rings (SSSR count). The van der Waals surface area contributed by atoms with Crippen LogP contribution in [0.15, 0.2) is 72.0 Å². The number of carbonyl (C=O) groups is 2. The third kappa shape index (κ3) is 6.28. The molecule has 1 aliphatic heterocycles. The molecular formula is C29H28FN7O5S. The first-order valence-electron chi connectivity index (χ1n) is 13.2. The molecule has 4 heterocycles. The Bertz CT molecular complexity index is 1850. The molecule has 0 radical (unpaired) electrons. The van der Waals surface area contributed by atoms with Crippen LogP contribution in [0.5, 0.6) is 5.88 Å². The number of halogens is 1. The van der Waals surface area contributed by atoms with Gasteiger partial charge in [0.2, 0.25) is 11.8 Å². The smallest absolute Gasteiger partial charge is 0.264 e. The zero-order chi connectivity index (χ0) is 30.7. The van der Waals surface area contributed by atoms with E-state index in [0.717, 1.165) is 12.1 Å². The Balaban J connectivity index is 1.45. The number of amides is 1. The third-order valence-corrected chi connectivity index (χ3v) is 8.24. The molecule has 0 spiro atoms. The summed E-state index contributed by atoms with van der Waals surface area (Å²) in [7, 11) is -2.95. The average Bonchev–Trinajstić information content (AvgIpc) is 2.99. The van der Waals surface area contributed by atoms with Crippen LogP contribution >= 0.6 is 0 Å². The van der Waals surface area contributed by atoms with E-state index in [4.69, 9.17) is 9.72 Å². The minimum absolute atomic E-state index is 0.00289. The number of ether oxygens (including phenoxy) is 1. The monoisotopic (exact) mass is 605 g/mol. The van der Waals surface area contributed by atoms with Crippen LogP contribution in [0, 0.1) is 5.82 Å². The predicted octanol–water partition coefficient (Wildman–Crippen LogP) is 3.22. The lowest BCUT2D eigenvalue weighted by Gasteiger charge is -2.40. The number of carbonyl (C=O) groups excluding carboxylic acids is 2. The van der Waals surface area contributed by atoms with Crippen LogP contribution in [0.1, 0.15) is 13.8 Å². The van der Waals surface area contributed by atoms with Gasteiger partial charge in [-0.3, -0.25) is 14.3 Å². The number of methoxy groups -OCH3 is 1. The van der Waals surface area contributed by atoms with Gasteiger partial charge in [-0.05, 0) is 50.3 Å². The number of anilines is 2. The number of piperazine rings is 1. The highest BCUT2D eigenvalue weighted by molar-refractivity contribution is 7.92. The van der Waals surface area contributed by atoms with Crippen molar-refractivity contribution in [2.45, 2.75) is 24.8 Å². The summed E-state index contributed by atoms with van der Waals surface area (Å²) in [5.41, 5.74) is 2.02. The van der Waals surface area contributed by atoms with Crippen LogP contribution < -0.4 is 14.4 Å². The van der Waals surface area contributed by atoms with Crippen LogP contribution in [-0.2, 0) is 19.6 Å². The van der Waals surface area contributed by atoms with Crippen molar-refractivity contribution in [2.75, 3.05) is 36.4 Å². The number of allylic oxidation sites excluding steroid dienone is 1. The molecule has 1 saturated heterocycles. The summed E-state index contributed by atoms with van der Waals surface area (Å²) in [4.78, 5) is 44.9. The Kier molecular flexibility index (Phi) is 8.30. The molecule has 1 aliphatic rings. The number of rotatable bonds is 8. The number of nitrogens with zero attached hydrogens (tertiary/aromatic N) is 6. The number of sulfonamides is 1. The van der Waals surface area contributed by atoms with Gasteiger partial charge in [0.15, 0.2) is 11.6 Å². The number of pyridine rings is 2. The Labute approximate surface area is 247 Å². The zero-order valence-corrected chi connectivity index (χ0v) is 24.4. The molecule has 12 nitrogen and oxygen atoms in total. The lowest BCUT2D eigenvalue weighted by molar-refractivity contribution is -0.128. The maximum Gasteiger partial charge on any atom is 0.264 e. The first-order valence-corrected chi connectivity index (χ1v) is 14.7. The summed E-state index contributed by atoms with van der Waals surface area (Å²) in [6, 6.07) is 9.87. The molecule has 4 aromatic rings. The second-order valence-corrected chi connectivity index (χ2v) is 11.5. The molecule has 0 saturated carbocycles. The fourth-order valence-electron chi connectivity index (χ4n) is 4.77. The fraction of sp³-hybridized carbons (Fsp3) is 0.241. The van der Waals surface area contributed by atoms with Gasteiger partial charge in [-0.15, -0.1) is 0 Å². The minimum Gasteiger partial charge on any atom is -0.480 e. The van der Waals surface area contributed by atoms with Crippen molar-refractivity contribution in [1.29, 1.82) is 0 Å². The van der Waals surface area contributed by atoms with Crippen LogP contribution in [0.25, 0.3) is 22.3 Å². The van der Waals surface area contributed by atoms with Crippen molar-refractivity contribution in [2.24, 2.45) is 0 Å². The van der Waals surface area contributed by atoms with Gasteiger partial charge in [-0.2, -0.15) is 0 Å². The van der Waals surface area contributed by atoms with Gasteiger partial charge in [0.05, 0.1) is 18.3 Å². The lowest BCUT2D eigenvalue weighted by atomic mass is 10.1. The van der Waals surface area contributed by atoms with E-state index < -0.39 is 20.7 Å². The maximum atomic E-state index is 14.3. The van der Waals surface area contributed by atoms with Gasteiger partial charge < -0.3 is 14.5 Å². The summed E-state index contributed by atoms with van der Waals surface area (Å²) >= 11 is 0. The van der Waals surface area contributed by atoms with Crippen molar-refractivity contribution in [3.8, 4) is 17.1 Å². The molecule has 14 heteroatoms. The molecule has 1 atom stereocenters. The zero-order valence-electron chi connectivity index (χ0n) is 23.6. The van der Waals surface area contributed by atoms with Crippen LogP contribution in [0.2, 0.25) is 0 Å². The first-order chi connectivity index (χ1) is 20.6. The highest BCUT2D eigenvalue weighted by atomic mass is 32.2. The summed E-state index contributed by atoms with van der Waals surface area (Å²) in [6.07, 6.45) is 5.48. The van der Waals surface area contributed by atoms with Gasteiger partial charge in [0.25, 0.3) is 10.0 Å². The van der Waals surface area contributed by atoms with E-state index in [1.54, 1.807) is 17.0 Å². The number of benzene rings is 1. The van der Waals surface area contributed by atoms with E-state index in [0.29, 0.717) is 47.7 Å². The fourth-order valence-corrected chi connectivity index (χ4v) is 5.90. The van der Waals surface area contributed by atoms with Crippen LogP contribution in [0.4, 0.5) is 15.9 Å². The molecule has 0 bridgehead atoms. The largest absolute Gasteiger partial charge is 0.480 e. The van der Waals surface area contributed by atoms with Crippen LogP contribution in [-0.4, -0.2) is 77.7 Å². The normalized spacial score (nSPS) is 15.6. The molecule has 1 fully saturated rings. The summed E-state index contributed by atoms with van der Waals surface area (Å²) in [5.74, 6) is -0.756. The van der Waals surface area contributed by atoms with E-state index in [2.05, 4.69) is 19.7 Å². The highest BCUT2D eigenvalue weighted by Crippen LogP contribution is 2.32. The van der Waals surface area contributed by atoms with E-state index in [-0.39, 0.29) is 29.3 Å². The lowest BCUT2D eigenvalue weighted by Crippen LogP contribution is -2.54. The maximum absolute atomic E-state index is 14.3. The molecular weight excluding hydrogens is 577 g/mol. The van der Waals surface area contributed by atoms with Gasteiger partial charge >= 0.3 is 0 Å². The standard InChI is InChI=1S/C29H28FN7O5S/c1-18-16-36(12-13-37(18)26(39)11-8-19(2)38)28-27-23(32-17-33-28)10-9-22(34-27)20-14-24(29(42-3)31-15-20)35-43(40,41)25-7-5-4-6-21(25)30/h4-11,14-15,17-18,35H,12-13,16H2,1-3H3/b11-8+/t18-/m1/s1. The van der Waals surface area contributed by atoms with Crippen molar-refractivity contribution < 1.29 is 27.1 Å². The second kappa shape index (κ2) is 12.1. The molecule has 222 valence electrons. The summed E-state index contributed by atoms with van der Waals surface area (Å²) in [6.45, 7) is 4.68. The van der Waals surface area contributed by atoms with Gasteiger partial charge in [-0.25, -0.2) is 32.7 Å². The third-order valence-electron chi connectivity index (χ3n) is 6.84. The van der Waals surface area contributed by atoms with E-state index in [1.807, 2.05) is 11.8 Å². The Morgan fingerprint density at radius 3 is 2.60 bits per heavy atom. The number of hydrogen-bond acceptors (Lipinski definition) is 10. The van der Waals surface area contributed by atoms with Crippen LogP contribution in [0.3, 0.4) is 0 Å². The number of hydrogen-bond donors (Lipinski definition) is 1. The molecule has 3 aromatic heterocycles. The highest BCUT2D eigenvalue weighted by Gasteiger charge is 2.28. The van der Waals surface area contributed by atoms with Crippen molar-refractivity contribution in [3.63, 3.8) is 0 Å². The number of ketones is 1. The Morgan fingerprint density at radius 1 is 1.09 bits per heavy atom. The van der Waals surface area contributed by atoms with Crippen molar-refractivity contribution in [3.05, 3.63) is 73.0 Å². The Morgan fingerprint density at radius 2 is 1.88 bits per heavy atom. The van der Waals surface area contributed by atoms with E-state index in [9.17, 15) is 22.4 Å². The number of aromatic nitrogens is 4. The van der Waals surface area contributed by atoms with Crippen molar-refractivity contribution >= 4 is 44.3 Å². The molecule has 1 amide bonds. The second-order valence-electron chi connectivity index (χ2n) is 9.85. The molecule has 0 unspecified atom stereocenters. The average molecular weight is 606 g/mol. The predicted molar refractivity (Wildman–Crippen MR) is 158 cm³/mol. The van der Waals surface area contributed by atoms with Crippen molar-refractivity contribution in [1.82, 2.24) is 24.8 Å². The number of nitrogens with one attached hydrogen (secondary N) is 1. The SMILES string of the molecule is COc1ncc(-c2ccc3ncnc(N4CCN(C(=O)/C=C/C(C)=O)[C@H](C)C4)c3n2)cc1NS(=O)(=O)c1ccccc1F. The van der Waals surface area contributed by atoms with Gasteiger partial charge in [-0.1, -0.05) is 12.1 Å². The quantitative estimate of drug-likeness (QED) is 0.297. The molecule has 1 N–H and O–H groups in total. The molecule has 43 heavy (non-hydrogen) atoms. The molecule has 0 aliphatic carbocycles. The Hall–Kier alpha value is -4.98. The summed E-state index contributed by atoms with van der Waals surface area (Å²) in [5, 5.41) is 0. The number of fused-ring (bicyclic) bond motifs is 1. The molecule has 1 aromatic carbocycles. The topological polar surface area (TPSA) is 148 Å². The van der Waals surface area contributed by atoms with Gasteiger partial charge in [0, 0.05) is 43.5 Å².